The molecule has 0 bridgehead atoms. The van der Waals surface area contributed by atoms with Crippen LogP contribution in [0, 0.1) is 0 Å². The van der Waals surface area contributed by atoms with Gasteiger partial charge in [-0.2, -0.15) is 0 Å². The van der Waals surface area contributed by atoms with Crippen LogP contribution in [0.2, 0.25) is 0 Å². The van der Waals surface area contributed by atoms with Gasteiger partial charge in [0.05, 0.1) is 26.4 Å². The van der Waals surface area contributed by atoms with E-state index in [0.717, 1.165) is 50.7 Å². The highest BCUT2D eigenvalue weighted by atomic mass is 16.5. The fraction of sp³-hybridized carbons (Fsp3) is 0.611. The van der Waals surface area contributed by atoms with E-state index in [4.69, 9.17) is 14.2 Å². The number of guanidine groups is 1. The number of hydrogen-bond acceptors (Lipinski definition) is 4. The quantitative estimate of drug-likeness (QED) is 0.408. The maximum Gasteiger partial charge on any atom is 0.191 e. The lowest BCUT2D eigenvalue weighted by molar-refractivity contribution is 0.0191. The molecule has 0 aromatic heterocycles. The van der Waals surface area contributed by atoms with E-state index in [1.165, 1.54) is 5.56 Å². The van der Waals surface area contributed by atoms with E-state index < -0.39 is 0 Å². The zero-order valence-electron chi connectivity index (χ0n) is 14.7. The topological polar surface area (TPSA) is 64.1 Å². The molecule has 1 unspecified atom stereocenters. The molecule has 1 aromatic carbocycles. The molecular formula is C18H29N3O3. The van der Waals surface area contributed by atoms with Gasteiger partial charge in [-0.3, -0.25) is 4.99 Å². The summed E-state index contributed by atoms with van der Waals surface area (Å²) in [6.07, 6.45) is 3.41. The van der Waals surface area contributed by atoms with Crippen molar-refractivity contribution < 1.29 is 14.2 Å². The molecule has 1 aliphatic rings. The fourth-order valence-electron chi connectivity index (χ4n) is 2.68. The molecule has 0 aliphatic carbocycles. The largest absolute Gasteiger partial charge is 0.496 e. The zero-order chi connectivity index (χ0) is 17.0. The second-order valence-electron chi connectivity index (χ2n) is 5.70. The SMILES string of the molecule is CN=C(NCCOCC1CCCO1)NCCc1ccccc1OC. The van der Waals surface area contributed by atoms with E-state index in [9.17, 15) is 0 Å². The van der Waals surface area contributed by atoms with E-state index >= 15 is 0 Å². The second kappa shape index (κ2) is 10.9. The standard InChI is InChI=1S/C18H29N3O3/c1-19-18(21-11-13-23-14-16-7-5-12-24-16)20-10-9-15-6-3-4-8-17(15)22-2/h3-4,6,8,16H,5,7,9-14H2,1-2H3,(H2,19,20,21). The first kappa shape index (κ1) is 18.5. The molecule has 24 heavy (non-hydrogen) atoms. The summed E-state index contributed by atoms with van der Waals surface area (Å²) in [5.41, 5.74) is 1.18. The minimum Gasteiger partial charge on any atom is -0.496 e. The average Bonchev–Trinajstić information content (AvgIpc) is 3.13. The highest BCUT2D eigenvalue weighted by Gasteiger charge is 2.14. The lowest BCUT2D eigenvalue weighted by Crippen LogP contribution is -2.40. The van der Waals surface area contributed by atoms with Gasteiger partial charge in [-0.25, -0.2) is 0 Å². The number of aliphatic imine (C=N–C) groups is 1. The lowest BCUT2D eigenvalue weighted by atomic mass is 10.1. The molecule has 6 heteroatoms. The maximum absolute atomic E-state index is 5.63. The van der Waals surface area contributed by atoms with Crippen LogP contribution in [0.25, 0.3) is 0 Å². The van der Waals surface area contributed by atoms with Crippen molar-refractivity contribution in [1.29, 1.82) is 0 Å². The molecule has 1 atom stereocenters. The van der Waals surface area contributed by atoms with Crippen molar-refractivity contribution in [2.45, 2.75) is 25.4 Å². The minimum absolute atomic E-state index is 0.281. The van der Waals surface area contributed by atoms with Gasteiger partial charge in [-0.05, 0) is 30.9 Å². The Morgan fingerprint density at radius 1 is 1.29 bits per heavy atom. The Kier molecular flexibility index (Phi) is 8.41. The predicted molar refractivity (Wildman–Crippen MR) is 95.9 cm³/mol. The third kappa shape index (κ3) is 6.37. The Morgan fingerprint density at radius 3 is 2.88 bits per heavy atom. The van der Waals surface area contributed by atoms with Gasteiger partial charge < -0.3 is 24.8 Å². The van der Waals surface area contributed by atoms with Crippen molar-refractivity contribution in [3.63, 3.8) is 0 Å². The number of rotatable bonds is 9. The van der Waals surface area contributed by atoms with E-state index in [1.807, 2.05) is 18.2 Å². The number of nitrogens with zero attached hydrogens (tertiary/aromatic N) is 1. The Balaban J connectivity index is 1.58. The lowest BCUT2D eigenvalue weighted by Gasteiger charge is -2.14. The Labute approximate surface area is 144 Å². The maximum atomic E-state index is 5.63. The van der Waals surface area contributed by atoms with Gasteiger partial charge in [-0.1, -0.05) is 18.2 Å². The van der Waals surface area contributed by atoms with Crippen LogP contribution in [-0.4, -0.2) is 59.1 Å². The normalized spacial score (nSPS) is 17.8. The molecule has 1 saturated heterocycles. The summed E-state index contributed by atoms with van der Waals surface area (Å²) in [7, 11) is 3.47. The smallest absolute Gasteiger partial charge is 0.191 e. The summed E-state index contributed by atoms with van der Waals surface area (Å²) in [5.74, 6) is 1.70. The van der Waals surface area contributed by atoms with Crippen LogP contribution in [-0.2, 0) is 15.9 Å². The molecule has 0 radical (unpaired) electrons. The molecule has 134 valence electrons. The van der Waals surface area contributed by atoms with Gasteiger partial charge in [0.1, 0.15) is 5.75 Å². The van der Waals surface area contributed by atoms with Crippen molar-refractivity contribution in [3.8, 4) is 5.75 Å². The minimum atomic E-state index is 0.281. The molecule has 1 aromatic rings. The molecule has 2 rings (SSSR count). The summed E-state index contributed by atoms with van der Waals surface area (Å²) < 4.78 is 16.5. The van der Waals surface area contributed by atoms with Gasteiger partial charge >= 0.3 is 0 Å². The van der Waals surface area contributed by atoms with Gasteiger partial charge in [0.25, 0.3) is 0 Å². The van der Waals surface area contributed by atoms with Crippen LogP contribution in [0.3, 0.4) is 0 Å². The number of nitrogens with one attached hydrogen (secondary N) is 2. The van der Waals surface area contributed by atoms with Gasteiger partial charge in [0, 0.05) is 26.7 Å². The number of para-hydroxylation sites is 1. The summed E-state index contributed by atoms with van der Waals surface area (Å²) in [5, 5.41) is 6.56. The summed E-state index contributed by atoms with van der Waals surface area (Å²) in [6.45, 7) is 3.71. The first-order valence-electron chi connectivity index (χ1n) is 8.59. The highest BCUT2D eigenvalue weighted by molar-refractivity contribution is 5.79. The van der Waals surface area contributed by atoms with E-state index in [2.05, 4.69) is 21.7 Å². The van der Waals surface area contributed by atoms with E-state index in [0.29, 0.717) is 13.2 Å². The van der Waals surface area contributed by atoms with Crippen LogP contribution < -0.4 is 15.4 Å². The summed E-state index contributed by atoms with van der Waals surface area (Å²) in [6, 6.07) is 8.06. The van der Waals surface area contributed by atoms with Gasteiger partial charge in [0.2, 0.25) is 0 Å². The fourth-order valence-corrected chi connectivity index (χ4v) is 2.68. The third-order valence-electron chi connectivity index (χ3n) is 3.97. The highest BCUT2D eigenvalue weighted by Crippen LogP contribution is 2.17. The molecule has 0 amide bonds. The molecule has 6 nitrogen and oxygen atoms in total. The van der Waals surface area contributed by atoms with Crippen molar-refractivity contribution in [2.24, 2.45) is 4.99 Å². The van der Waals surface area contributed by atoms with Gasteiger partial charge in [-0.15, -0.1) is 0 Å². The van der Waals surface area contributed by atoms with Crippen LogP contribution in [0.1, 0.15) is 18.4 Å². The number of hydrogen-bond donors (Lipinski definition) is 2. The molecule has 0 spiro atoms. The Hall–Kier alpha value is -1.79. The predicted octanol–water partition coefficient (Wildman–Crippen LogP) is 1.60. The Bertz CT molecular complexity index is 502. The average molecular weight is 335 g/mol. The molecule has 2 N–H and O–H groups in total. The van der Waals surface area contributed by atoms with E-state index in [-0.39, 0.29) is 6.10 Å². The molecule has 0 saturated carbocycles. The Morgan fingerprint density at radius 2 is 2.12 bits per heavy atom. The second-order valence-corrected chi connectivity index (χ2v) is 5.70. The first-order chi connectivity index (χ1) is 11.8. The summed E-state index contributed by atoms with van der Waals surface area (Å²) in [4.78, 5) is 4.22. The van der Waals surface area contributed by atoms with Crippen LogP contribution in [0.4, 0.5) is 0 Å². The van der Waals surface area contributed by atoms with E-state index in [1.54, 1.807) is 14.2 Å². The number of methoxy groups -OCH3 is 1. The van der Waals surface area contributed by atoms with Crippen molar-refractivity contribution in [3.05, 3.63) is 29.8 Å². The van der Waals surface area contributed by atoms with Crippen LogP contribution in [0.15, 0.2) is 29.3 Å². The zero-order valence-corrected chi connectivity index (χ0v) is 14.7. The number of benzene rings is 1. The molecule has 1 heterocycles. The number of ether oxygens (including phenoxy) is 3. The van der Waals surface area contributed by atoms with Crippen molar-refractivity contribution in [1.82, 2.24) is 10.6 Å². The molecular weight excluding hydrogens is 306 g/mol. The van der Waals surface area contributed by atoms with Crippen LogP contribution in [0.5, 0.6) is 5.75 Å². The molecule has 1 fully saturated rings. The van der Waals surface area contributed by atoms with Crippen LogP contribution >= 0.6 is 0 Å². The summed E-state index contributed by atoms with van der Waals surface area (Å²) >= 11 is 0. The van der Waals surface area contributed by atoms with Crippen molar-refractivity contribution >= 4 is 5.96 Å². The first-order valence-corrected chi connectivity index (χ1v) is 8.59. The van der Waals surface area contributed by atoms with Crippen molar-refractivity contribution in [2.75, 3.05) is 47.1 Å². The third-order valence-corrected chi connectivity index (χ3v) is 3.97. The molecule has 1 aliphatic heterocycles. The van der Waals surface area contributed by atoms with Gasteiger partial charge in [0.15, 0.2) is 5.96 Å². The monoisotopic (exact) mass is 335 g/mol.